The highest BCUT2D eigenvalue weighted by atomic mass is 79.9. The van der Waals surface area contributed by atoms with Crippen molar-refractivity contribution in [3.05, 3.63) is 106 Å². The Labute approximate surface area is 181 Å². The zero-order valence-corrected chi connectivity index (χ0v) is 17.3. The number of anilines is 1. The van der Waals surface area contributed by atoms with Gasteiger partial charge in [-0.1, -0.05) is 46.3 Å². The van der Waals surface area contributed by atoms with Crippen LogP contribution in [0.25, 0.3) is 5.70 Å². The highest BCUT2D eigenvalue weighted by Crippen LogP contribution is 2.50. The molecule has 2 aromatic carbocycles. The van der Waals surface area contributed by atoms with E-state index < -0.39 is 0 Å². The lowest BCUT2D eigenvalue weighted by Gasteiger charge is -2.38. The lowest BCUT2D eigenvalue weighted by molar-refractivity contribution is 0.223. The molecule has 4 aromatic rings. The van der Waals surface area contributed by atoms with Gasteiger partial charge in [-0.15, -0.1) is 0 Å². The van der Waals surface area contributed by atoms with Crippen LogP contribution in [0.3, 0.4) is 0 Å². The fourth-order valence-corrected chi connectivity index (χ4v) is 4.45. The van der Waals surface area contributed by atoms with Crippen molar-refractivity contribution >= 4 is 27.6 Å². The van der Waals surface area contributed by atoms with Crippen molar-refractivity contribution in [3.63, 3.8) is 0 Å². The summed E-state index contributed by atoms with van der Waals surface area (Å²) in [6.07, 6.45) is 4.95. The summed E-state index contributed by atoms with van der Waals surface area (Å²) in [5, 5.41) is 8.03. The second-order valence-corrected chi connectivity index (χ2v) is 8.13. The van der Waals surface area contributed by atoms with E-state index in [1.165, 1.54) is 0 Å². The smallest absolute Gasteiger partial charge is 0.226 e. The highest BCUT2D eigenvalue weighted by Gasteiger charge is 2.40. The minimum atomic E-state index is -0.280. The van der Waals surface area contributed by atoms with Gasteiger partial charge in [-0.05, 0) is 41.5 Å². The van der Waals surface area contributed by atoms with Crippen molar-refractivity contribution < 1.29 is 4.74 Å². The SMILES string of the molecule is Brc1ccc([C@@H]2Oc3ccccc3C3=C2[C@@H](c2cccnc2)n2ncnc2N3)cc1. The Balaban J connectivity index is 1.63. The van der Waals surface area contributed by atoms with E-state index in [4.69, 9.17) is 4.74 Å². The summed E-state index contributed by atoms with van der Waals surface area (Å²) in [7, 11) is 0. The van der Waals surface area contributed by atoms with Crippen LogP contribution in [-0.4, -0.2) is 19.7 Å². The molecule has 0 saturated heterocycles. The lowest BCUT2D eigenvalue weighted by Crippen LogP contribution is -2.32. The number of para-hydroxylation sites is 1. The van der Waals surface area contributed by atoms with E-state index in [2.05, 4.69) is 60.6 Å². The Hall–Kier alpha value is -3.45. The molecule has 2 atom stereocenters. The van der Waals surface area contributed by atoms with Crippen LogP contribution in [0.2, 0.25) is 0 Å². The van der Waals surface area contributed by atoms with Crippen LogP contribution in [-0.2, 0) is 0 Å². The van der Waals surface area contributed by atoms with E-state index in [9.17, 15) is 0 Å². The summed E-state index contributed by atoms with van der Waals surface area (Å²) in [6, 6.07) is 20.2. The van der Waals surface area contributed by atoms with E-state index in [1.807, 2.05) is 47.3 Å². The molecule has 0 radical (unpaired) electrons. The Bertz CT molecular complexity index is 1270. The minimum Gasteiger partial charge on any atom is -0.480 e. The molecular weight excluding hydrogens is 442 g/mol. The van der Waals surface area contributed by atoms with Crippen molar-refractivity contribution in [1.29, 1.82) is 0 Å². The number of nitrogens with zero attached hydrogens (tertiary/aromatic N) is 4. The quantitative estimate of drug-likeness (QED) is 0.458. The van der Waals surface area contributed by atoms with Gasteiger partial charge in [-0.3, -0.25) is 4.98 Å². The molecule has 6 nitrogen and oxygen atoms in total. The van der Waals surface area contributed by atoms with Crippen molar-refractivity contribution in [2.45, 2.75) is 12.1 Å². The van der Waals surface area contributed by atoms with Crippen LogP contribution in [0.4, 0.5) is 5.95 Å². The first-order valence-corrected chi connectivity index (χ1v) is 10.4. The molecule has 30 heavy (non-hydrogen) atoms. The number of hydrogen-bond donors (Lipinski definition) is 1. The molecule has 0 spiro atoms. The number of rotatable bonds is 2. The van der Waals surface area contributed by atoms with Crippen LogP contribution >= 0.6 is 15.9 Å². The summed E-state index contributed by atoms with van der Waals surface area (Å²) in [4.78, 5) is 8.80. The fourth-order valence-electron chi connectivity index (χ4n) is 4.19. The monoisotopic (exact) mass is 457 g/mol. The van der Waals surface area contributed by atoms with Gasteiger partial charge in [0.15, 0.2) is 0 Å². The van der Waals surface area contributed by atoms with E-state index in [1.54, 1.807) is 12.5 Å². The topological polar surface area (TPSA) is 64.9 Å². The summed E-state index contributed by atoms with van der Waals surface area (Å²) < 4.78 is 9.51. The van der Waals surface area contributed by atoms with Gasteiger partial charge in [0.05, 0.1) is 5.70 Å². The van der Waals surface area contributed by atoms with E-state index in [0.29, 0.717) is 5.95 Å². The predicted octanol–water partition coefficient (Wildman–Crippen LogP) is 5.00. The molecule has 146 valence electrons. The molecule has 2 aliphatic rings. The number of benzene rings is 2. The molecule has 6 rings (SSSR count). The van der Waals surface area contributed by atoms with E-state index in [-0.39, 0.29) is 12.1 Å². The van der Waals surface area contributed by atoms with Crippen molar-refractivity contribution in [2.75, 3.05) is 5.32 Å². The zero-order chi connectivity index (χ0) is 20.1. The van der Waals surface area contributed by atoms with E-state index in [0.717, 1.165) is 38.2 Å². The van der Waals surface area contributed by atoms with Crippen LogP contribution in [0.5, 0.6) is 5.75 Å². The Morgan fingerprint density at radius 2 is 1.83 bits per heavy atom. The molecule has 0 saturated carbocycles. The van der Waals surface area contributed by atoms with Gasteiger partial charge in [0.2, 0.25) is 5.95 Å². The van der Waals surface area contributed by atoms with E-state index >= 15 is 0 Å². The average Bonchev–Trinajstić information content (AvgIpc) is 3.26. The number of nitrogens with one attached hydrogen (secondary N) is 1. The van der Waals surface area contributed by atoms with Crippen LogP contribution in [0.1, 0.15) is 28.8 Å². The van der Waals surface area contributed by atoms with Gasteiger partial charge in [-0.2, -0.15) is 10.1 Å². The van der Waals surface area contributed by atoms with Crippen LogP contribution < -0.4 is 10.1 Å². The second kappa shape index (κ2) is 6.81. The van der Waals surface area contributed by atoms with Crippen molar-refractivity contribution in [3.8, 4) is 5.75 Å². The van der Waals surface area contributed by atoms with Crippen LogP contribution in [0.15, 0.2) is 89.4 Å². The molecule has 0 fully saturated rings. The summed E-state index contributed by atoms with van der Waals surface area (Å²) in [5.74, 6) is 1.54. The summed E-state index contributed by atoms with van der Waals surface area (Å²) in [6.45, 7) is 0. The van der Waals surface area contributed by atoms with Gasteiger partial charge >= 0.3 is 0 Å². The Morgan fingerprint density at radius 1 is 0.967 bits per heavy atom. The fraction of sp³-hybridized carbons (Fsp3) is 0.0870. The largest absolute Gasteiger partial charge is 0.480 e. The van der Waals surface area contributed by atoms with Crippen molar-refractivity contribution in [1.82, 2.24) is 19.7 Å². The average molecular weight is 458 g/mol. The van der Waals surface area contributed by atoms with Gasteiger partial charge < -0.3 is 10.1 Å². The molecule has 0 bridgehead atoms. The molecular formula is C23H16BrN5O. The maximum absolute atomic E-state index is 6.58. The summed E-state index contributed by atoms with van der Waals surface area (Å²) in [5.41, 5.74) is 5.22. The molecule has 2 aromatic heterocycles. The maximum Gasteiger partial charge on any atom is 0.226 e. The first kappa shape index (κ1) is 17.4. The van der Waals surface area contributed by atoms with Crippen molar-refractivity contribution in [2.24, 2.45) is 0 Å². The number of fused-ring (bicyclic) bond motifs is 3. The Kier molecular flexibility index (Phi) is 3.95. The minimum absolute atomic E-state index is 0.186. The lowest BCUT2D eigenvalue weighted by atomic mass is 9.85. The highest BCUT2D eigenvalue weighted by molar-refractivity contribution is 9.10. The number of ether oxygens (including phenoxy) is 1. The molecule has 7 heteroatoms. The normalized spacial score (nSPS) is 19.2. The predicted molar refractivity (Wildman–Crippen MR) is 117 cm³/mol. The number of pyridine rings is 1. The zero-order valence-electron chi connectivity index (χ0n) is 15.7. The Morgan fingerprint density at radius 3 is 2.67 bits per heavy atom. The maximum atomic E-state index is 6.58. The van der Waals surface area contributed by atoms with Gasteiger partial charge in [0.25, 0.3) is 0 Å². The first-order chi connectivity index (χ1) is 14.8. The molecule has 4 heterocycles. The number of aromatic nitrogens is 4. The first-order valence-electron chi connectivity index (χ1n) is 9.61. The molecule has 0 aliphatic carbocycles. The third-order valence-corrected chi connectivity index (χ3v) is 6.02. The number of halogens is 1. The molecule has 0 amide bonds. The third kappa shape index (κ3) is 2.66. The number of hydrogen-bond acceptors (Lipinski definition) is 5. The molecule has 0 unspecified atom stereocenters. The standard InChI is InChI=1S/C23H16BrN5O/c24-16-9-7-14(8-10-16)22-19-20(17-5-1-2-6-18(17)30-22)28-23-26-13-27-29(23)21(19)15-4-3-11-25-12-15/h1-13,21-22H,(H,26,27,28)/t21-,22+/m1/s1. The third-order valence-electron chi connectivity index (χ3n) is 5.49. The molecule has 2 aliphatic heterocycles. The second-order valence-electron chi connectivity index (χ2n) is 7.22. The van der Waals surface area contributed by atoms with Gasteiger partial charge in [0, 0.05) is 28.0 Å². The molecule has 1 N–H and O–H groups in total. The van der Waals surface area contributed by atoms with Gasteiger partial charge in [-0.25, -0.2) is 4.68 Å². The van der Waals surface area contributed by atoms with Gasteiger partial charge in [0.1, 0.15) is 24.2 Å². The summed E-state index contributed by atoms with van der Waals surface area (Å²) >= 11 is 3.53. The van der Waals surface area contributed by atoms with Crippen LogP contribution in [0, 0.1) is 0 Å².